The van der Waals surface area contributed by atoms with Crippen molar-refractivity contribution in [2.45, 2.75) is 295 Å². The molecule has 2 aromatic rings. The van der Waals surface area contributed by atoms with Crippen LogP contribution in [-0.2, 0) is 106 Å². The molecule has 1 amide bonds. The summed E-state index contributed by atoms with van der Waals surface area (Å²) in [6, 6.07) is -6.53. The monoisotopic (exact) mass is 1890 g/mol. The lowest BCUT2D eigenvalue weighted by Crippen LogP contribution is -2.71. The van der Waals surface area contributed by atoms with Crippen molar-refractivity contribution >= 4 is 29.3 Å². The van der Waals surface area contributed by atoms with Gasteiger partial charge in [-0.25, -0.2) is 9.59 Å². The van der Waals surface area contributed by atoms with Crippen molar-refractivity contribution in [2.24, 2.45) is 57.7 Å². The summed E-state index contributed by atoms with van der Waals surface area (Å²) in [5.41, 5.74) is 53.6. The number of amides is 1. The van der Waals surface area contributed by atoms with E-state index in [4.69, 9.17) is 136 Å². The first-order valence-electron chi connectivity index (χ1n) is 42.4. The van der Waals surface area contributed by atoms with Crippen LogP contribution in [0.15, 0.2) is 48.8 Å². The maximum absolute atomic E-state index is 12.8. The number of aliphatic hydroxyl groups is 21. The van der Waals surface area contributed by atoms with Gasteiger partial charge in [0.25, 0.3) is 0 Å². The Hall–Kier alpha value is -5.39. The minimum absolute atomic E-state index is 0.0690. The van der Waals surface area contributed by atoms with Crippen LogP contribution in [0.3, 0.4) is 0 Å². The van der Waals surface area contributed by atoms with Crippen molar-refractivity contribution in [3.8, 4) is 0 Å². The Kier molecular flexibility index (Phi) is 38.3. The van der Waals surface area contributed by atoms with Crippen molar-refractivity contribution in [3.05, 3.63) is 60.0 Å². The topological polar surface area (TPSA) is 899 Å². The van der Waals surface area contributed by atoms with Gasteiger partial charge in [-0.1, -0.05) is 24.3 Å². The van der Waals surface area contributed by atoms with Crippen LogP contribution in [0.4, 0.5) is 4.79 Å². The highest BCUT2D eigenvalue weighted by atomic mass is 16.8. The van der Waals surface area contributed by atoms with Crippen LogP contribution >= 0.6 is 0 Å². The van der Waals surface area contributed by atoms with Crippen molar-refractivity contribution < 1.29 is 212 Å². The molecule has 1 aromatic heterocycles. The Balaban J connectivity index is 0.000000520. The predicted molar refractivity (Wildman–Crippen MR) is 429 cm³/mol. The van der Waals surface area contributed by atoms with Gasteiger partial charge in [-0.3, -0.25) is 0 Å². The number of hydrogen-bond acceptors (Lipinski definition) is 52. The van der Waals surface area contributed by atoms with Crippen molar-refractivity contribution in [1.82, 2.24) is 15.6 Å². The summed E-state index contributed by atoms with van der Waals surface area (Å²) in [5.74, 6) is -1.81. The average molecular weight is 1890 g/mol. The van der Waals surface area contributed by atoms with Gasteiger partial charge in [0, 0.05) is 34.5 Å². The lowest BCUT2D eigenvalue weighted by atomic mass is 9.80. The number of allylic oxidation sites excluding steroid dienone is 1. The molecule has 48 atom stereocenters. The van der Waals surface area contributed by atoms with Gasteiger partial charge in [0.15, 0.2) is 56.6 Å². The van der Waals surface area contributed by atoms with Crippen LogP contribution in [0, 0.1) is 11.8 Å². The second kappa shape index (κ2) is 47.3. The number of aromatic nitrogens is 1. The van der Waals surface area contributed by atoms with Crippen LogP contribution in [-0.4, -0.2) is 487 Å². The molecule has 12 rings (SSSR count). The number of methoxy groups -OCH3 is 2. The van der Waals surface area contributed by atoms with E-state index in [1.54, 1.807) is 0 Å². The lowest BCUT2D eigenvalue weighted by molar-refractivity contribution is -0.372. The quantitative estimate of drug-likeness (QED) is 0.0104. The number of aromatic amines is 1. The number of esters is 1. The van der Waals surface area contributed by atoms with Gasteiger partial charge in [-0.2, -0.15) is 0 Å². The smallest absolute Gasteiger partial charge is 0.407 e. The van der Waals surface area contributed by atoms with Crippen LogP contribution < -0.4 is 56.5 Å². The fraction of sp³-hybridized carbons (Fsp3) is 0.805. The van der Waals surface area contributed by atoms with E-state index in [2.05, 4.69) is 28.3 Å². The van der Waals surface area contributed by atoms with Gasteiger partial charge in [-0.05, 0) is 31.0 Å². The number of carbonyl (C=O) groups is 3. The fourth-order valence-electron chi connectivity index (χ4n) is 17.6. The van der Waals surface area contributed by atoms with Gasteiger partial charge < -0.3 is 264 Å². The number of nitrogens with two attached hydrogens (primary N) is 8. The summed E-state index contributed by atoms with van der Waals surface area (Å²) in [5, 5.41) is 233. The van der Waals surface area contributed by atoms with Crippen LogP contribution in [0.25, 0.3) is 10.9 Å². The Bertz CT molecular complexity index is 3930. The van der Waals surface area contributed by atoms with E-state index >= 15 is 0 Å². The SMILES string of the molecule is C=C[C@@H](C=O)[C@H](C[C@@H]1NCCc2c1[nH]c1ccccc21)/C(=C/O)C(=O)OC.COC(=O)N[C@H]1[C@H](O[C@H]2[C@H](O)[C@@H](N)[C@H](O[C@H]3[C@H](O)[C@@H](N)[C@H](O)O[C@@H]3CO)O[C@@H]2CO)O[C@H](CO)[C@@H](O[C@@H]2O[C@H](CO)[C@@H](O[C@@H]3O[C@H](CO)[C@@H](O[C@@H]4O[C@H](CO)[C@@H](O[C@@H]5O[C@H](CO)[C@@H](O[C@@H]6O[C@H](CO)[C@@H](O[C@@H]7O[C@H](CO)[C@@H](O)[C@H](O)[C@H]7N)[C@H](O)[C@H]6N)[C@H](O)[C@H]5N)[C@H](O)[C@H]4N)[C@H](O)[C@H]3N)[C@H](O)[C@H]2N)[C@@H]1O. The molecule has 54 heteroatoms. The number of alkyl carbamates (subject to hydrolysis) is 1. The van der Waals surface area contributed by atoms with Crippen molar-refractivity contribution in [2.75, 3.05) is 80.2 Å². The van der Waals surface area contributed by atoms with E-state index in [0.717, 1.165) is 43.8 Å². The first-order valence-corrected chi connectivity index (χ1v) is 42.4. The highest BCUT2D eigenvalue weighted by Gasteiger charge is 2.60. The van der Waals surface area contributed by atoms with Crippen LogP contribution in [0.2, 0.25) is 0 Å². The fourth-order valence-corrected chi connectivity index (χ4v) is 17.6. The summed E-state index contributed by atoms with van der Waals surface area (Å²) in [6.45, 7) is -3.74. The summed E-state index contributed by atoms with van der Waals surface area (Å²) < 4.78 is 109. The zero-order valence-corrected chi connectivity index (χ0v) is 70.9. The maximum atomic E-state index is 12.8. The molecule has 131 heavy (non-hydrogen) atoms. The van der Waals surface area contributed by atoms with E-state index in [0.29, 0.717) is 6.42 Å². The second-order valence-electron chi connectivity index (χ2n) is 33.2. The summed E-state index contributed by atoms with van der Waals surface area (Å²) in [4.78, 5) is 40.0. The number of rotatable bonds is 33. The summed E-state index contributed by atoms with van der Waals surface area (Å²) >= 11 is 0. The number of nitrogens with one attached hydrogen (secondary N) is 3. The van der Waals surface area contributed by atoms with Crippen molar-refractivity contribution in [1.29, 1.82) is 0 Å². The highest BCUT2D eigenvalue weighted by Crippen LogP contribution is 2.42. The zero-order valence-electron chi connectivity index (χ0n) is 70.9. The molecule has 9 fully saturated rings. The second-order valence-corrected chi connectivity index (χ2v) is 33.2. The molecule has 10 aliphatic rings. The Morgan fingerprint density at radius 3 is 1.08 bits per heavy atom. The first-order chi connectivity index (χ1) is 62.5. The van der Waals surface area contributed by atoms with E-state index < -0.39 is 359 Å². The molecule has 54 nitrogen and oxygen atoms in total. The van der Waals surface area contributed by atoms with Gasteiger partial charge >= 0.3 is 12.1 Å². The van der Waals surface area contributed by atoms with E-state index in [1.807, 2.05) is 18.2 Å². The zero-order chi connectivity index (χ0) is 95.7. The Labute approximate surface area is 746 Å². The largest absolute Gasteiger partial charge is 0.515 e. The van der Waals surface area contributed by atoms with E-state index in [9.17, 15) is 122 Å². The van der Waals surface area contributed by atoms with Gasteiger partial charge in [0.05, 0.1) is 134 Å². The molecule has 748 valence electrons. The minimum atomic E-state index is -2.04. The molecule has 0 saturated carbocycles. The molecule has 10 aliphatic heterocycles. The van der Waals surface area contributed by atoms with Crippen molar-refractivity contribution in [3.63, 3.8) is 0 Å². The minimum Gasteiger partial charge on any atom is -0.515 e. The van der Waals surface area contributed by atoms with Gasteiger partial charge in [0.1, 0.15) is 177 Å². The number of aliphatic hydroxyl groups excluding tert-OH is 21. The van der Waals surface area contributed by atoms with Crippen LogP contribution in [0.5, 0.6) is 0 Å². The predicted octanol–water partition coefficient (Wildman–Crippen LogP) is -17.6. The first kappa shape index (κ1) is 106. The Morgan fingerprint density at radius 2 is 0.748 bits per heavy atom. The number of benzene rings is 1. The van der Waals surface area contributed by atoms with Gasteiger partial charge in [-0.15, -0.1) is 6.58 Å². The number of ether oxygens (including phenoxy) is 19. The standard InChI is InChI=1S/C56H103N9O39.C21H24N2O4/c1-87-56(86)65-28-38(84)46(19(10-74)96-55(28)104-45-18(9-73)95-49(27(64)37(45)83)97-39-12(3-67)88-47(85)20(57)31(39)77)103-54-26(63)36(82)44(17(8-72)94-54)102-53-25(62)35(81)43(16(7-71)93-53)101-52-24(61)34(80)42(15(6-70)92-52)100-51-23(60)33(79)41(14(5-69)91-51)99-50-22(59)32(78)40(13(4-68)90-50)98-48-21(58)30(76)29(75)11(2-66)89-48;1-3-13(11-24)16(17(12-25)21(26)27-2)10-19-20-15(8-9-22-19)14-6-4-5-7-18(14)23-20/h11-55,66-85H,2-10,57-64H2,1H3,(H,65,86);3-7,11-13,16,19,22-23,25H,1,8-10H2,2H3/b;17-12-/t11-,12-,13-,14-,15-,16-,17-,18-,19-,20-,21-,22-,23-,24-,25-,26-,27-,28-,29-,30-,31-,32-,33-,34-,35-,36-,37-,38-,39-,40-,41-,42-,43-,44-,45-,46-,47-,48+,49+,50+,51+,52+,53+,54+,55+;13-,16-,19-/m10/s1. The average Bonchev–Trinajstić information content (AvgIpc) is 1.74. The molecule has 0 spiro atoms. The number of fused-ring (bicyclic) bond motifs is 3. The molecule has 1 aromatic carbocycles. The summed E-state index contributed by atoms with van der Waals surface area (Å²) in [6.07, 6.45) is -58.3. The third kappa shape index (κ3) is 22.6. The third-order valence-corrected chi connectivity index (χ3v) is 25.2. The number of H-pyrrole nitrogens is 1. The molecule has 0 bridgehead atoms. The van der Waals surface area contributed by atoms with E-state index in [1.165, 1.54) is 24.1 Å². The summed E-state index contributed by atoms with van der Waals surface area (Å²) in [7, 11) is 2.21. The number of hydrogen-bond donors (Lipinski definition) is 32. The van der Waals surface area contributed by atoms with Crippen LogP contribution in [0.1, 0.15) is 23.7 Å². The molecule has 40 N–H and O–H groups in total. The number of carbonyl (C=O) groups excluding carboxylic acids is 3. The molecule has 11 heterocycles. The number of para-hydroxylation sites is 1. The molecular weight excluding hydrogens is 1770 g/mol. The Morgan fingerprint density at radius 1 is 0.435 bits per heavy atom. The highest BCUT2D eigenvalue weighted by molar-refractivity contribution is 5.89. The normalized spacial score (nSPS) is 45.2. The maximum Gasteiger partial charge on any atom is 0.407 e. The molecule has 9 saturated heterocycles. The molecule has 0 aliphatic carbocycles. The van der Waals surface area contributed by atoms with Gasteiger partial charge in [0.2, 0.25) is 0 Å². The molecule has 0 radical (unpaired) electrons. The lowest BCUT2D eigenvalue weighted by Gasteiger charge is -2.51. The third-order valence-electron chi connectivity index (χ3n) is 25.2. The molecular formula is C77H127N11O43. The van der Waals surface area contributed by atoms with E-state index in [-0.39, 0.29) is 11.6 Å². The molecule has 0 unspecified atom stereocenters. The number of aldehydes is 1.